The highest BCUT2D eigenvalue weighted by molar-refractivity contribution is 6.34. The zero-order valence-electron chi connectivity index (χ0n) is 13.1. The Morgan fingerprint density at radius 3 is 2.64 bits per heavy atom. The number of nitrogens with one attached hydrogen (secondary N) is 1. The van der Waals surface area contributed by atoms with E-state index < -0.39 is 0 Å². The van der Waals surface area contributed by atoms with E-state index in [1.807, 2.05) is 42.8 Å². The van der Waals surface area contributed by atoms with Crippen LogP contribution in [0, 0.1) is 13.8 Å². The zero-order chi connectivity index (χ0) is 15.9. The quantitative estimate of drug-likeness (QED) is 0.768. The molecular weight excluding hydrogens is 298 g/mol. The third-order valence-corrected chi connectivity index (χ3v) is 4.25. The second-order valence-corrected chi connectivity index (χ2v) is 5.76. The molecule has 1 aromatic heterocycles. The van der Waals surface area contributed by atoms with Gasteiger partial charge in [-0.05, 0) is 37.6 Å². The van der Waals surface area contributed by atoms with Crippen LogP contribution in [-0.2, 0) is 7.05 Å². The molecule has 114 valence electrons. The molecule has 2 aromatic carbocycles. The fourth-order valence-electron chi connectivity index (χ4n) is 2.66. The first kappa shape index (κ1) is 14.7. The van der Waals surface area contributed by atoms with Crippen LogP contribution in [0.1, 0.15) is 11.1 Å². The van der Waals surface area contributed by atoms with Gasteiger partial charge >= 0.3 is 0 Å². The smallest absolute Gasteiger partial charge is 0.123 e. The van der Waals surface area contributed by atoms with Gasteiger partial charge in [0, 0.05) is 18.3 Å². The fraction of sp³-hybridized carbons (Fsp3) is 0.235. The number of halogens is 1. The van der Waals surface area contributed by atoms with E-state index in [0.717, 1.165) is 39.3 Å². The standard InChI is InChI=1S/C17H18ClN3O/c1-10-5-8-14(22-4)11(2)15(10)20-16-12(18)6-7-13-17(16)19-9-21(13)3/h5-9,20H,1-4H3. The van der Waals surface area contributed by atoms with Crippen molar-refractivity contribution in [1.82, 2.24) is 9.55 Å². The lowest BCUT2D eigenvalue weighted by molar-refractivity contribution is 0.412. The number of benzene rings is 2. The van der Waals surface area contributed by atoms with Crippen LogP contribution in [-0.4, -0.2) is 16.7 Å². The molecule has 5 heteroatoms. The molecule has 0 aliphatic carbocycles. The predicted octanol–water partition coefficient (Wildman–Crippen LogP) is 4.60. The summed E-state index contributed by atoms with van der Waals surface area (Å²) in [6.07, 6.45) is 1.79. The third-order valence-electron chi connectivity index (χ3n) is 3.94. The van der Waals surface area contributed by atoms with Gasteiger partial charge in [-0.2, -0.15) is 0 Å². The summed E-state index contributed by atoms with van der Waals surface area (Å²) in [5.41, 5.74) is 5.88. The second-order valence-electron chi connectivity index (χ2n) is 5.36. The highest BCUT2D eigenvalue weighted by Crippen LogP contribution is 2.36. The third kappa shape index (κ3) is 2.29. The van der Waals surface area contributed by atoms with Gasteiger partial charge in [-0.3, -0.25) is 0 Å². The van der Waals surface area contributed by atoms with Crippen molar-refractivity contribution >= 4 is 34.0 Å². The van der Waals surface area contributed by atoms with Gasteiger partial charge < -0.3 is 14.6 Å². The van der Waals surface area contributed by atoms with Crippen LogP contribution in [0.2, 0.25) is 5.02 Å². The average molecular weight is 316 g/mol. The van der Waals surface area contributed by atoms with E-state index in [2.05, 4.69) is 17.2 Å². The van der Waals surface area contributed by atoms with Crippen LogP contribution in [0.3, 0.4) is 0 Å². The molecule has 3 aromatic rings. The average Bonchev–Trinajstić information content (AvgIpc) is 2.87. The number of rotatable bonds is 3. The van der Waals surface area contributed by atoms with Gasteiger partial charge in [-0.1, -0.05) is 17.7 Å². The number of hydrogen-bond acceptors (Lipinski definition) is 3. The molecule has 4 nitrogen and oxygen atoms in total. The molecule has 22 heavy (non-hydrogen) atoms. The monoisotopic (exact) mass is 315 g/mol. The van der Waals surface area contributed by atoms with Crippen molar-refractivity contribution in [3.8, 4) is 5.75 Å². The molecule has 0 amide bonds. The highest BCUT2D eigenvalue weighted by Gasteiger charge is 2.14. The molecule has 0 atom stereocenters. The van der Waals surface area contributed by atoms with Crippen molar-refractivity contribution in [2.75, 3.05) is 12.4 Å². The Kier molecular flexibility index (Phi) is 3.71. The lowest BCUT2D eigenvalue weighted by atomic mass is 10.1. The van der Waals surface area contributed by atoms with Gasteiger partial charge in [0.15, 0.2) is 0 Å². The number of hydrogen-bond donors (Lipinski definition) is 1. The molecule has 0 spiro atoms. The molecule has 0 aliphatic heterocycles. The summed E-state index contributed by atoms with van der Waals surface area (Å²) in [6.45, 7) is 4.09. The molecule has 0 saturated carbocycles. The van der Waals surface area contributed by atoms with Crippen molar-refractivity contribution in [2.45, 2.75) is 13.8 Å². The summed E-state index contributed by atoms with van der Waals surface area (Å²) >= 11 is 6.40. The molecule has 0 bridgehead atoms. The van der Waals surface area contributed by atoms with E-state index in [1.54, 1.807) is 13.4 Å². The maximum atomic E-state index is 6.40. The molecule has 0 aliphatic rings. The van der Waals surface area contributed by atoms with Crippen LogP contribution in [0.4, 0.5) is 11.4 Å². The normalized spacial score (nSPS) is 11.0. The van der Waals surface area contributed by atoms with Crippen LogP contribution in [0.15, 0.2) is 30.6 Å². The Labute approximate surface area is 134 Å². The minimum atomic E-state index is 0.646. The zero-order valence-corrected chi connectivity index (χ0v) is 13.8. The molecule has 3 rings (SSSR count). The summed E-state index contributed by atoms with van der Waals surface area (Å²) < 4.78 is 7.38. The Bertz CT molecular complexity index is 855. The Balaban J connectivity index is 2.17. The minimum Gasteiger partial charge on any atom is -0.496 e. The number of nitrogens with zero attached hydrogens (tertiary/aromatic N) is 2. The van der Waals surface area contributed by atoms with E-state index in [-0.39, 0.29) is 0 Å². The first-order valence-electron chi connectivity index (χ1n) is 7.03. The molecule has 1 heterocycles. The van der Waals surface area contributed by atoms with Crippen molar-refractivity contribution < 1.29 is 4.74 Å². The Morgan fingerprint density at radius 1 is 1.14 bits per heavy atom. The maximum absolute atomic E-state index is 6.40. The van der Waals surface area contributed by atoms with Gasteiger partial charge in [-0.15, -0.1) is 0 Å². The molecule has 0 fully saturated rings. The number of aryl methyl sites for hydroxylation is 2. The van der Waals surface area contributed by atoms with E-state index >= 15 is 0 Å². The predicted molar refractivity (Wildman–Crippen MR) is 91.5 cm³/mol. The summed E-state index contributed by atoms with van der Waals surface area (Å²) in [5, 5.41) is 4.10. The minimum absolute atomic E-state index is 0.646. The second kappa shape index (κ2) is 5.54. The number of methoxy groups -OCH3 is 1. The van der Waals surface area contributed by atoms with Crippen molar-refractivity contribution in [3.05, 3.63) is 46.7 Å². The first-order valence-corrected chi connectivity index (χ1v) is 7.41. The highest BCUT2D eigenvalue weighted by atomic mass is 35.5. The van der Waals surface area contributed by atoms with Crippen molar-refractivity contribution in [1.29, 1.82) is 0 Å². The molecule has 0 radical (unpaired) electrons. The van der Waals surface area contributed by atoms with Crippen molar-refractivity contribution in [2.24, 2.45) is 7.05 Å². The fourth-order valence-corrected chi connectivity index (χ4v) is 2.86. The van der Waals surface area contributed by atoms with E-state index in [1.165, 1.54) is 0 Å². The SMILES string of the molecule is COc1ccc(C)c(Nc2c(Cl)ccc3c2ncn3C)c1C. The summed E-state index contributed by atoms with van der Waals surface area (Å²) in [6, 6.07) is 7.86. The van der Waals surface area contributed by atoms with Gasteiger partial charge in [0.05, 0.1) is 29.7 Å². The first-order chi connectivity index (χ1) is 10.5. The van der Waals surface area contributed by atoms with Crippen LogP contribution < -0.4 is 10.1 Å². The number of anilines is 2. The summed E-state index contributed by atoms with van der Waals surface area (Å²) in [4.78, 5) is 4.46. The van der Waals surface area contributed by atoms with Crippen LogP contribution in [0.25, 0.3) is 11.0 Å². The van der Waals surface area contributed by atoms with Crippen LogP contribution in [0.5, 0.6) is 5.75 Å². The van der Waals surface area contributed by atoms with E-state index in [0.29, 0.717) is 5.02 Å². The topological polar surface area (TPSA) is 39.1 Å². The Morgan fingerprint density at radius 2 is 1.91 bits per heavy atom. The number of imidazole rings is 1. The van der Waals surface area contributed by atoms with Gasteiger partial charge in [0.25, 0.3) is 0 Å². The van der Waals surface area contributed by atoms with Gasteiger partial charge in [0.2, 0.25) is 0 Å². The molecule has 1 N–H and O–H groups in total. The van der Waals surface area contributed by atoms with Gasteiger partial charge in [-0.25, -0.2) is 4.98 Å². The molecule has 0 saturated heterocycles. The lowest BCUT2D eigenvalue weighted by Crippen LogP contribution is -2.00. The van der Waals surface area contributed by atoms with Gasteiger partial charge in [0.1, 0.15) is 11.3 Å². The van der Waals surface area contributed by atoms with E-state index in [4.69, 9.17) is 16.3 Å². The summed E-state index contributed by atoms with van der Waals surface area (Å²) in [7, 11) is 3.64. The lowest BCUT2D eigenvalue weighted by Gasteiger charge is -2.16. The number of ether oxygens (including phenoxy) is 1. The van der Waals surface area contributed by atoms with Crippen molar-refractivity contribution in [3.63, 3.8) is 0 Å². The van der Waals surface area contributed by atoms with Crippen LogP contribution >= 0.6 is 11.6 Å². The van der Waals surface area contributed by atoms with E-state index in [9.17, 15) is 0 Å². The Hall–Kier alpha value is -2.20. The maximum Gasteiger partial charge on any atom is 0.123 e. The molecule has 0 unspecified atom stereocenters. The number of fused-ring (bicyclic) bond motifs is 1. The summed E-state index contributed by atoms with van der Waals surface area (Å²) in [5.74, 6) is 0.845. The number of aromatic nitrogens is 2. The molecular formula is C17H18ClN3O. The largest absolute Gasteiger partial charge is 0.496 e.